The van der Waals surface area contributed by atoms with E-state index in [2.05, 4.69) is 39.9 Å². The Balaban J connectivity index is 3.62. The van der Waals surface area contributed by atoms with Crippen molar-refractivity contribution in [3.05, 3.63) is 0 Å². The normalized spacial score (nSPS) is 13.9. The molecule has 0 aromatic heterocycles. The predicted molar refractivity (Wildman–Crippen MR) is 65.6 cm³/mol. The van der Waals surface area contributed by atoms with Crippen LogP contribution in [0, 0.1) is 17.8 Å². The fourth-order valence-electron chi connectivity index (χ4n) is 1.79. The number of hydrogen-bond donors (Lipinski definition) is 1. The molecular weight excluding hydrogens is 170 g/mol. The van der Waals surface area contributed by atoms with Crippen molar-refractivity contribution in [3.8, 4) is 0 Å². The Morgan fingerprint density at radius 2 is 1.64 bits per heavy atom. The lowest BCUT2D eigenvalue weighted by molar-refractivity contribution is 0.325. The van der Waals surface area contributed by atoms with E-state index in [1.165, 1.54) is 25.8 Å². The molecule has 0 aromatic carbocycles. The molecule has 0 radical (unpaired) electrons. The van der Waals surface area contributed by atoms with Gasteiger partial charge >= 0.3 is 0 Å². The van der Waals surface area contributed by atoms with E-state index < -0.39 is 0 Å². The molecule has 0 heterocycles. The van der Waals surface area contributed by atoms with Crippen LogP contribution in [-0.4, -0.2) is 13.1 Å². The first-order valence-electron chi connectivity index (χ1n) is 6.28. The van der Waals surface area contributed by atoms with E-state index in [0.29, 0.717) is 0 Å². The van der Waals surface area contributed by atoms with Crippen molar-refractivity contribution in [3.63, 3.8) is 0 Å². The minimum atomic E-state index is 0.821. The van der Waals surface area contributed by atoms with Gasteiger partial charge in [0.15, 0.2) is 0 Å². The summed E-state index contributed by atoms with van der Waals surface area (Å²) >= 11 is 0. The average molecular weight is 199 g/mol. The van der Waals surface area contributed by atoms with Crippen molar-refractivity contribution in [1.29, 1.82) is 0 Å². The fraction of sp³-hybridized carbons (Fsp3) is 1.00. The highest BCUT2D eigenvalue weighted by Gasteiger charge is 2.12. The molecule has 0 fully saturated rings. The second-order valence-corrected chi connectivity index (χ2v) is 5.14. The number of hydrogen-bond acceptors (Lipinski definition) is 1. The van der Waals surface area contributed by atoms with Crippen LogP contribution in [0.4, 0.5) is 0 Å². The average Bonchev–Trinajstić information content (AvgIpc) is 2.09. The lowest BCUT2D eigenvalue weighted by Gasteiger charge is -2.21. The number of rotatable bonds is 8. The van der Waals surface area contributed by atoms with E-state index in [1.54, 1.807) is 0 Å². The second-order valence-electron chi connectivity index (χ2n) is 5.14. The first-order chi connectivity index (χ1) is 6.57. The highest BCUT2D eigenvalue weighted by atomic mass is 14.8. The largest absolute Gasteiger partial charge is 0.317 e. The topological polar surface area (TPSA) is 12.0 Å². The molecule has 0 rings (SSSR count). The van der Waals surface area contributed by atoms with Gasteiger partial charge in [0.05, 0.1) is 0 Å². The highest BCUT2D eigenvalue weighted by Crippen LogP contribution is 2.19. The predicted octanol–water partition coefficient (Wildman–Crippen LogP) is 3.69. The Labute approximate surface area is 90.7 Å². The Morgan fingerprint density at radius 3 is 2.07 bits per heavy atom. The summed E-state index contributed by atoms with van der Waals surface area (Å²) in [5.41, 5.74) is 0. The quantitative estimate of drug-likeness (QED) is 0.628. The Morgan fingerprint density at radius 1 is 1.00 bits per heavy atom. The summed E-state index contributed by atoms with van der Waals surface area (Å²) < 4.78 is 0. The van der Waals surface area contributed by atoms with Crippen LogP contribution < -0.4 is 5.32 Å². The molecule has 86 valence electrons. The van der Waals surface area contributed by atoms with Gasteiger partial charge in [0.2, 0.25) is 0 Å². The summed E-state index contributed by atoms with van der Waals surface area (Å²) in [5, 5.41) is 3.47. The molecule has 1 unspecified atom stereocenters. The van der Waals surface area contributed by atoms with E-state index in [0.717, 1.165) is 24.3 Å². The van der Waals surface area contributed by atoms with Gasteiger partial charge in [-0.25, -0.2) is 0 Å². The maximum Gasteiger partial charge on any atom is -0.00182 e. The summed E-state index contributed by atoms with van der Waals surface area (Å²) in [6.07, 6.45) is 4.17. The van der Waals surface area contributed by atoms with E-state index >= 15 is 0 Å². The molecule has 0 aliphatic heterocycles. The summed E-state index contributed by atoms with van der Waals surface area (Å²) in [5.74, 6) is 2.55. The minimum Gasteiger partial charge on any atom is -0.317 e. The van der Waals surface area contributed by atoms with Crippen molar-refractivity contribution in [2.24, 2.45) is 17.8 Å². The molecule has 0 amide bonds. The van der Waals surface area contributed by atoms with Crippen molar-refractivity contribution in [2.75, 3.05) is 13.1 Å². The van der Waals surface area contributed by atoms with Gasteiger partial charge in [0, 0.05) is 0 Å². The van der Waals surface area contributed by atoms with Gasteiger partial charge in [0.1, 0.15) is 0 Å². The maximum absolute atomic E-state index is 3.47. The van der Waals surface area contributed by atoms with Gasteiger partial charge in [0.25, 0.3) is 0 Å². The van der Waals surface area contributed by atoms with Gasteiger partial charge in [-0.2, -0.15) is 0 Å². The minimum absolute atomic E-state index is 0.821. The molecule has 0 saturated carbocycles. The molecule has 0 saturated heterocycles. The molecule has 0 aliphatic rings. The number of nitrogens with one attached hydrogen (secondary N) is 1. The first-order valence-corrected chi connectivity index (χ1v) is 6.28. The molecule has 1 nitrogen and oxygen atoms in total. The van der Waals surface area contributed by atoms with Crippen LogP contribution in [0.25, 0.3) is 0 Å². The second kappa shape index (κ2) is 8.28. The van der Waals surface area contributed by atoms with Crippen LogP contribution in [0.1, 0.15) is 53.9 Å². The summed E-state index contributed by atoms with van der Waals surface area (Å²) in [6.45, 7) is 13.8. The summed E-state index contributed by atoms with van der Waals surface area (Å²) in [4.78, 5) is 0. The third kappa shape index (κ3) is 7.37. The Kier molecular flexibility index (Phi) is 8.26. The Bertz CT molecular complexity index is 118. The highest BCUT2D eigenvalue weighted by molar-refractivity contribution is 4.66. The molecule has 1 heteroatoms. The van der Waals surface area contributed by atoms with Crippen molar-refractivity contribution >= 4 is 0 Å². The zero-order chi connectivity index (χ0) is 11.0. The maximum atomic E-state index is 3.47. The van der Waals surface area contributed by atoms with Crippen LogP contribution in [0.5, 0.6) is 0 Å². The van der Waals surface area contributed by atoms with Gasteiger partial charge in [-0.1, -0.05) is 47.5 Å². The van der Waals surface area contributed by atoms with Crippen LogP contribution in [0.15, 0.2) is 0 Å². The standard InChI is InChI=1S/C13H29N/c1-6-14-10-13(12(4)5)9-7-8-11(2)3/h11-14H,6-10H2,1-5H3. The third-order valence-corrected chi connectivity index (χ3v) is 2.96. The SMILES string of the molecule is CCNCC(CCCC(C)C)C(C)C. The van der Waals surface area contributed by atoms with E-state index in [4.69, 9.17) is 0 Å². The molecule has 0 aliphatic carbocycles. The van der Waals surface area contributed by atoms with Crippen molar-refractivity contribution in [1.82, 2.24) is 5.32 Å². The molecule has 0 spiro atoms. The van der Waals surface area contributed by atoms with Gasteiger partial charge < -0.3 is 5.32 Å². The summed E-state index contributed by atoms with van der Waals surface area (Å²) in [6, 6.07) is 0. The smallest absolute Gasteiger partial charge is 0.00182 e. The molecule has 0 bridgehead atoms. The van der Waals surface area contributed by atoms with E-state index in [-0.39, 0.29) is 0 Å². The molecule has 1 atom stereocenters. The van der Waals surface area contributed by atoms with Crippen LogP contribution in [0.2, 0.25) is 0 Å². The van der Waals surface area contributed by atoms with Gasteiger partial charge in [-0.15, -0.1) is 0 Å². The molecule has 1 N–H and O–H groups in total. The molecule has 0 aromatic rings. The fourth-order valence-corrected chi connectivity index (χ4v) is 1.79. The summed E-state index contributed by atoms with van der Waals surface area (Å²) in [7, 11) is 0. The Hall–Kier alpha value is -0.0400. The molecular formula is C13H29N. The van der Waals surface area contributed by atoms with Crippen molar-refractivity contribution < 1.29 is 0 Å². The van der Waals surface area contributed by atoms with E-state index in [9.17, 15) is 0 Å². The molecule has 14 heavy (non-hydrogen) atoms. The zero-order valence-electron chi connectivity index (χ0n) is 10.8. The lowest BCUT2D eigenvalue weighted by atomic mass is 9.89. The van der Waals surface area contributed by atoms with Crippen LogP contribution in [0.3, 0.4) is 0 Å². The third-order valence-electron chi connectivity index (χ3n) is 2.96. The van der Waals surface area contributed by atoms with Crippen molar-refractivity contribution in [2.45, 2.75) is 53.9 Å². The first kappa shape index (κ1) is 14.0. The zero-order valence-corrected chi connectivity index (χ0v) is 10.8. The van der Waals surface area contributed by atoms with Crippen LogP contribution >= 0.6 is 0 Å². The van der Waals surface area contributed by atoms with E-state index in [1.807, 2.05) is 0 Å². The van der Waals surface area contributed by atoms with Gasteiger partial charge in [-0.05, 0) is 37.3 Å². The monoisotopic (exact) mass is 199 g/mol. The van der Waals surface area contributed by atoms with Crippen LogP contribution in [-0.2, 0) is 0 Å². The lowest BCUT2D eigenvalue weighted by Crippen LogP contribution is -2.26. The van der Waals surface area contributed by atoms with Gasteiger partial charge in [-0.3, -0.25) is 0 Å².